The lowest BCUT2D eigenvalue weighted by Crippen LogP contribution is -2.36. The summed E-state index contributed by atoms with van der Waals surface area (Å²) >= 11 is 1.71. The van der Waals surface area contributed by atoms with E-state index in [1.165, 1.54) is 10.6 Å². The molecule has 0 unspecified atom stereocenters. The molecule has 26 heavy (non-hydrogen) atoms. The van der Waals surface area contributed by atoms with Crippen molar-refractivity contribution >= 4 is 41.3 Å². The standard InChI is InChI=1S/C19H28N4OS.HI/c1-6-24-17-9-14(4)7-8-15(17)10-21-19(20-5)22-11-16-12-25-18(23-16)13(2)3;/h7-9,12-13H,6,10-11H2,1-5H3,(H2,20,21,22);1H. The largest absolute Gasteiger partial charge is 0.494 e. The van der Waals surface area contributed by atoms with Gasteiger partial charge in [-0.25, -0.2) is 4.98 Å². The number of halogens is 1. The number of hydrogen-bond donors (Lipinski definition) is 2. The number of rotatable bonds is 7. The Hall–Kier alpha value is -1.35. The number of nitrogens with one attached hydrogen (secondary N) is 2. The van der Waals surface area contributed by atoms with E-state index in [0.29, 0.717) is 25.6 Å². The molecule has 2 rings (SSSR count). The van der Waals surface area contributed by atoms with Crippen LogP contribution in [-0.2, 0) is 13.1 Å². The lowest BCUT2D eigenvalue weighted by atomic mass is 10.1. The van der Waals surface area contributed by atoms with Crippen LogP contribution in [0.1, 0.15) is 48.5 Å². The number of ether oxygens (including phenoxy) is 1. The summed E-state index contributed by atoms with van der Waals surface area (Å²) in [6, 6.07) is 6.26. The van der Waals surface area contributed by atoms with E-state index in [9.17, 15) is 0 Å². The molecule has 0 radical (unpaired) electrons. The van der Waals surface area contributed by atoms with E-state index in [0.717, 1.165) is 23.0 Å². The van der Waals surface area contributed by atoms with Crippen molar-refractivity contribution in [1.29, 1.82) is 0 Å². The van der Waals surface area contributed by atoms with Crippen molar-refractivity contribution in [2.45, 2.75) is 46.7 Å². The third kappa shape index (κ3) is 6.75. The highest BCUT2D eigenvalue weighted by Gasteiger charge is 2.08. The molecule has 0 aliphatic rings. The normalized spacial score (nSPS) is 11.2. The molecular formula is C19H29IN4OS. The van der Waals surface area contributed by atoms with Gasteiger partial charge in [-0.2, -0.15) is 0 Å². The van der Waals surface area contributed by atoms with Gasteiger partial charge in [0.2, 0.25) is 0 Å². The summed E-state index contributed by atoms with van der Waals surface area (Å²) in [6.45, 7) is 10.4. The third-order valence-corrected chi connectivity index (χ3v) is 4.89. The van der Waals surface area contributed by atoms with Gasteiger partial charge in [0.15, 0.2) is 5.96 Å². The fraction of sp³-hybridized carbons (Fsp3) is 0.474. The molecule has 0 bridgehead atoms. The van der Waals surface area contributed by atoms with Gasteiger partial charge >= 0.3 is 0 Å². The SMILES string of the molecule is CCOc1cc(C)ccc1CNC(=NC)NCc1csc(C(C)C)n1.I. The predicted molar refractivity (Wildman–Crippen MR) is 121 cm³/mol. The van der Waals surface area contributed by atoms with Gasteiger partial charge in [-0.15, -0.1) is 35.3 Å². The number of aryl methyl sites for hydroxylation is 1. The third-order valence-electron chi connectivity index (χ3n) is 3.69. The number of hydrogen-bond acceptors (Lipinski definition) is 4. The molecule has 1 heterocycles. The zero-order valence-corrected chi connectivity index (χ0v) is 19.3. The fourth-order valence-electron chi connectivity index (χ4n) is 2.34. The van der Waals surface area contributed by atoms with Crippen molar-refractivity contribution < 1.29 is 4.74 Å². The Labute approximate surface area is 177 Å². The maximum atomic E-state index is 5.73. The van der Waals surface area contributed by atoms with Crippen molar-refractivity contribution in [3.05, 3.63) is 45.4 Å². The summed E-state index contributed by atoms with van der Waals surface area (Å²) in [7, 11) is 1.77. The first-order chi connectivity index (χ1) is 12.0. The smallest absolute Gasteiger partial charge is 0.191 e. The molecule has 7 heteroatoms. The highest BCUT2D eigenvalue weighted by Crippen LogP contribution is 2.20. The van der Waals surface area contributed by atoms with Gasteiger partial charge in [0.25, 0.3) is 0 Å². The molecule has 144 valence electrons. The van der Waals surface area contributed by atoms with Crippen molar-refractivity contribution in [2.24, 2.45) is 4.99 Å². The van der Waals surface area contributed by atoms with Gasteiger partial charge in [-0.1, -0.05) is 26.0 Å². The molecule has 5 nitrogen and oxygen atoms in total. The average molecular weight is 488 g/mol. The van der Waals surface area contributed by atoms with Crippen LogP contribution in [0.5, 0.6) is 5.75 Å². The van der Waals surface area contributed by atoms with E-state index in [-0.39, 0.29) is 24.0 Å². The average Bonchev–Trinajstić information content (AvgIpc) is 3.06. The molecule has 0 atom stereocenters. The molecule has 0 aliphatic heterocycles. The number of guanidine groups is 1. The fourth-order valence-corrected chi connectivity index (χ4v) is 3.18. The van der Waals surface area contributed by atoms with E-state index in [2.05, 4.69) is 65.0 Å². The van der Waals surface area contributed by atoms with Crippen molar-refractivity contribution in [1.82, 2.24) is 15.6 Å². The summed E-state index contributed by atoms with van der Waals surface area (Å²) in [5.74, 6) is 2.14. The summed E-state index contributed by atoms with van der Waals surface area (Å²) in [5.41, 5.74) is 3.35. The molecule has 1 aromatic carbocycles. The number of benzene rings is 1. The Bertz CT molecular complexity index is 715. The topological polar surface area (TPSA) is 58.5 Å². The Morgan fingerprint density at radius 1 is 1.27 bits per heavy atom. The Morgan fingerprint density at radius 3 is 2.62 bits per heavy atom. The number of aromatic nitrogens is 1. The van der Waals surface area contributed by atoms with Crippen LogP contribution >= 0.6 is 35.3 Å². The molecule has 0 fully saturated rings. The van der Waals surface area contributed by atoms with Crippen molar-refractivity contribution in [3.8, 4) is 5.75 Å². The number of aliphatic imine (C=N–C) groups is 1. The summed E-state index contributed by atoms with van der Waals surface area (Å²) in [4.78, 5) is 8.92. The van der Waals surface area contributed by atoms with Crippen LogP contribution in [0.2, 0.25) is 0 Å². The zero-order chi connectivity index (χ0) is 18.2. The minimum absolute atomic E-state index is 0. The van der Waals surface area contributed by atoms with Crippen LogP contribution in [0.15, 0.2) is 28.6 Å². The van der Waals surface area contributed by atoms with Crippen LogP contribution in [-0.4, -0.2) is 24.6 Å². The van der Waals surface area contributed by atoms with Crippen LogP contribution in [0.25, 0.3) is 0 Å². The Morgan fingerprint density at radius 2 is 2.00 bits per heavy atom. The minimum Gasteiger partial charge on any atom is -0.494 e. The van der Waals surface area contributed by atoms with Gasteiger partial charge in [0.05, 0.1) is 23.9 Å². The van der Waals surface area contributed by atoms with Crippen LogP contribution in [0.4, 0.5) is 0 Å². The van der Waals surface area contributed by atoms with Gasteiger partial charge in [0, 0.05) is 30.5 Å². The van der Waals surface area contributed by atoms with Gasteiger partial charge in [0.1, 0.15) is 5.75 Å². The van der Waals surface area contributed by atoms with E-state index in [1.807, 2.05) is 6.92 Å². The minimum atomic E-state index is 0. The van der Waals surface area contributed by atoms with Crippen LogP contribution < -0.4 is 15.4 Å². The van der Waals surface area contributed by atoms with E-state index in [1.54, 1.807) is 18.4 Å². The molecule has 0 spiro atoms. The summed E-state index contributed by atoms with van der Waals surface area (Å²) in [5, 5.41) is 9.92. The molecule has 0 amide bonds. The Kier molecular flexibility index (Phi) is 9.93. The Balaban J connectivity index is 0.00000338. The summed E-state index contributed by atoms with van der Waals surface area (Å²) in [6.07, 6.45) is 0. The van der Waals surface area contributed by atoms with Gasteiger partial charge in [-0.3, -0.25) is 4.99 Å². The quantitative estimate of drug-likeness (QED) is 0.344. The second-order valence-corrected chi connectivity index (χ2v) is 7.04. The molecular weight excluding hydrogens is 459 g/mol. The molecule has 2 aromatic rings. The molecule has 1 aromatic heterocycles. The van der Waals surface area contributed by atoms with Crippen molar-refractivity contribution in [3.63, 3.8) is 0 Å². The molecule has 2 N–H and O–H groups in total. The van der Waals surface area contributed by atoms with E-state index >= 15 is 0 Å². The first-order valence-electron chi connectivity index (χ1n) is 8.64. The van der Waals surface area contributed by atoms with Gasteiger partial charge in [-0.05, 0) is 25.5 Å². The number of thiazole rings is 1. The van der Waals surface area contributed by atoms with Crippen molar-refractivity contribution in [2.75, 3.05) is 13.7 Å². The maximum Gasteiger partial charge on any atom is 0.191 e. The second-order valence-electron chi connectivity index (χ2n) is 6.16. The highest BCUT2D eigenvalue weighted by atomic mass is 127. The highest BCUT2D eigenvalue weighted by molar-refractivity contribution is 14.0. The van der Waals surface area contributed by atoms with Crippen LogP contribution in [0, 0.1) is 6.92 Å². The first-order valence-corrected chi connectivity index (χ1v) is 9.52. The van der Waals surface area contributed by atoms with E-state index < -0.39 is 0 Å². The zero-order valence-electron chi connectivity index (χ0n) is 16.1. The lowest BCUT2D eigenvalue weighted by Gasteiger charge is -2.14. The number of nitrogens with zero attached hydrogens (tertiary/aromatic N) is 2. The first kappa shape index (κ1) is 22.7. The molecule has 0 saturated carbocycles. The van der Waals surface area contributed by atoms with Gasteiger partial charge < -0.3 is 15.4 Å². The molecule has 0 aliphatic carbocycles. The van der Waals surface area contributed by atoms with Crippen LogP contribution in [0.3, 0.4) is 0 Å². The second kappa shape index (κ2) is 11.4. The van der Waals surface area contributed by atoms with E-state index in [4.69, 9.17) is 4.74 Å². The molecule has 0 saturated heterocycles. The lowest BCUT2D eigenvalue weighted by molar-refractivity contribution is 0.336. The maximum absolute atomic E-state index is 5.73. The predicted octanol–water partition coefficient (Wildman–Crippen LogP) is 4.46. The summed E-state index contributed by atoms with van der Waals surface area (Å²) < 4.78 is 5.73. The monoisotopic (exact) mass is 488 g/mol.